The smallest absolute Gasteiger partial charge is 0.260 e. The molecule has 0 aliphatic carbocycles. The first-order chi connectivity index (χ1) is 11.5. The first-order valence-electron chi connectivity index (χ1n) is 7.83. The summed E-state index contributed by atoms with van der Waals surface area (Å²) in [7, 11) is 0. The number of amides is 2. The number of anilines is 1. The first kappa shape index (κ1) is 16.0. The molecule has 1 saturated heterocycles. The van der Waals surface area contributed by atoms with E-state index in [0.29, 0.717) is 6.54 Å². The monoisotopic (exact) mass is 325 g/mol. The van der Waals surface area contributed by atoms with E-state index >= 15 is 0 Å². The number of aryl methyl sites for hydroxylation is 1. The molecule has 0 radical (unpaired) electrons. The third kappa shape index (κ3) is 2.95. The summed E-state index contributed by atoms with van der Waals surface area (Å²) in [5.41, 5.74) is 1.56. The number of nitrogens with zero attached hydrogens (tertiary/aromatic N) is 2. The molecule has 1 fully saturated rings. The summed E-state index contributed by atoms with van der Waals surface area (Å²) in [4.78, 5) is 42.5. The average Bonchev–Trinajstić information content (AvgIpc) is 2.57. The number of hydrogen-bond donors (Lipinski definition) is 1. The van der Waals surface area contributed by atoms with Gasteiger partial charge >= 0.3 is 0 Å². The second kappa shape index (κ2) is 6.31. The van der Waals surface area contributed by atoms with Crippen LogP contribution in [0, 0.1) is 6.92 Å². The Morgan fingerprint density at radius 2 is 1.88 bits per heavy atom. The Labute approximate surface area is 139 Å². The third-order valence-electron chi connectivity index (χ3n) is 4.24. The van der Waals surface area contributed by atoms with Crippen molar-refractivity contribution >= 4 is 17.5 Å². The number of carbonyl (C=O) groups is 2. The third-order valence-corrected chi connectivity index (χ3v) is 4.24. The number of pyridine rings is 1. The molecule has 1 aliphatic heterocycles. The number of rotatable bonds is 2. The lowest BCUT2D eigenvalue weighted by atomic mass is 10.1. The Morgan fingerprint density at radius 1 is 1.17 bits per heavy atom. The summed E-state index contributed by atoms with van der Waals surface area (Å²) >= 11 is 0. The molecule has 0 unspecified atom stereocenters. The maximum absolute atomic E-state index is 12.6. The van der Waals surface area contributed by atoms with Crippen molar-refractivity contribution in [2.45, 2.75) is 19.9 Å². The van der Waals surface area contributed by atoms with Crippen LogP contribution in [0.1, 0.15) is 22.8 Å². The van der Waals surface area contributed by atoms with Gasteiger partial charge in [-0.25, -0.2) is 0 Å². The number of hydrogen-bond acceptors (Lipinski definition) is 3. The van der Waals surface area contributed by atoms with Crippen LogP contribution in [0.4, 0.5) is 5.69 Å². The molecule has 2 amide bonds. The molecule has 0 bridgehead atoms. The fraction of sp³-hybridized carbons (Fsp3) is 0.278. The zero-order valence-corrected chi connectivity index (χ0v) is 13.7. The Bertz CT molecular complexity index is 826. The van der Waals surface area contributed by atoms with E-state index in [1.54, 1.807) is 11.0 Å². The van der Waals surface area contributed by atoms with Crippen molar-refractivity contribution in [1.29, 1.82) is 0 Å². The molecule has 6 heteroatoms. The van der Waals surface area contributed by atoms with Gasteiger partial charge in [0.1, 0.15) is 12.1 Å². The van der Waals surface area contributed by atoms with Crippen molar-refractivity contribution in [3.8, 4) is 0 Å². The summed E-state index contributed by atoms with van der Waals surface area (Å²) in [5, 5.41) is 0. The zero-order chi connectivity index (χ0) is 17.3. The predicted molar refractivity (Wildman–Crippen MR) is 91.1 cm³/mol. The van der Waals surface area contributed by atoms with Gasteiger partial charge in [0, 0.05) is 24.5 Å². The highest BCUT2D eigenvalue weighted by Crippen LogP contribution is 2.21. The average molecular weight is 325 g/mol. The van der Waals surface area contributed by atoms with E-state index in [-0.39, 0.29) is 24.1 Å². The SMILES string of the molecule is Cc1ccc(N2C[C@H](C)N(C(=O)c3ccc[nH]c3=O)CC2=O)cc1. The van der Waals surface area contributed by atoms with Crippen LogP contribution < -0.4 is 10.5 Å². The van der Waals surface area contributed by atoms with Crippen LogP contribution in [-0.2, 0) is 4.79 Å². The van der Waals surface area contributed by atoms with Gasteiger partial charge < -0.3 is 14.8 Å². The van der Waals surface area contributed by atoms with Crippen LogP contribution in [0.2, 0.25) is 0 Å². The van der Waals surface area contributed by atoms with E-state index < -0.39 is 11.5 Å². The highest BCUT2D eigenvalue weighted by Gasteiger charge is 2.34. The van der Waals surface area contributed by atoms with Crippen molar-refractivity contribution in [2.24, 2.45) is 0 Å². The van der Waals surface area contributed by atoms with Gasteiger partial charge in [-0.2, -0.15) is 0 Å². The molecule has 1 aliphatic rings. The van der Waals surface area contributed by atoms with Gasteiger partial charge in [-0.1, -0.05) is 17.7 Å². The largest absolute Gasteiger partial charge is 0.328 e. The summed E-state index contributed by atoms with van der Waals surface area (Å²) in [5.74, 6) is -0.570. The Balaban J connectivity index is 1.82. The minimum atomic E-state index is -0.442. The van der Waals surface area contributed by atoms with Gasteiger partial charge in [0.2, 0.25) is 5.91 Å². The first-order valence-corrected chi connectivity index (χ1v) is 7.83. The summed E-state index contributed by atoms with van der Waals surface area (Å²) in [6.07, 6.45) is 1.48. The Kier molecular flexibility index (Phi) is 4.20. The molecule has 2 aromatic rings. The molecule has 124 valence electrons. The molecule has 0 spiro atoms. The van der Waals surface area contributed by atoms with Crippen LogP contribution in [0.15, 0.2) is 47.4 Å². The van der Waals surface area contributed by atoms with Crippen LogP contribution in [0.5, 0.6) is 0 Å². The van der Waals surface area contributed by atoms with Gasteiger partial charge in [0.15, 0.2) is 0 Å². The summed E-state index contributed by atoms with van der Waals surface area (Å²) < 4.78 is 0. The van der Waals surface area contributed by atoms with Gasteiger partial charge in [0.25, 0.3) is 11.5 Å². The van der Waals surface area contributed by atoms with Crippen molar-refractivity contribution in [3.05, 3.63) is 64.1 Å². The minimum absolute atomic E-state index is 0.0395. The van der Waals surface area contributed by atoms with Crippen LogP contribution in [0.3, 0.4) is 0 Å². The predicted octanol–water partition coefficient (Wildman–Crippen LogP) is 1.56. The Morgan fingerprint density at radius 3 is 2.54 bits per heavy atom. The van der Waals surface area contributed by atoms with E-state index in [1.165, 1.54) is 17.2 Å². The highest BCUT2D eigenvalue weighted by atomic mass is 16.2. The van der Waals surface area contributed by atoms with Gasteiger partial charge in [-0.3, -0.25) is 14.4 Å². The van der Waals surface area contributed by atoms with Crippen LogP contribution >= 0.6 is 0 Å². The summed E-state index contributed by atoms with van der Waals surface area (Å²) in [6, 6.07) is 10.6. The lowest BCUT2D eigenvalue weighted by molar-refractivity contribution is -0.121. The number of carbonyl (C=O) groups excluding carboxylic acids is 2. The second-order valence-electron chi connectivity index (χ2n) is 6.03. The molecule has 1 atom stereocenters. The fourth-order valence-electron chi connectivity index (χ4n) is 2.84. The molecule has 1 N–H and O–H groups in total. The van der Waals surface area contributed by atoms with E-state index in [4.69, 9.17) is 0 Å². The van der Waals surface area contributed by atoms with Crippen LogP contribution in [-0.4, -0.2) is 40.8 Å². The number of aromatic nitrogens is 1. The second-order valence-corrected chi connectivity index (χ2v) is 6.03. The molecular weight excluding hydrogens is 306 g/mol. The van der Waals surface area contributed by atoms with Crippen molar-refractivity contribution < 1.29 is 9.59 Å². The topological polar surface area (TPSA) is 73.5 Å². The number of benzene rings is 1. The lowest BCUT2D eigenvalue weighted by Gasteiger charge is -2.39. The molecule has 3 rings (SSSR count). The molecule has 1 aromatic carbocycles. The summed E-state index contributed by atoms with van der Waals surface area (Å²) in [6.45, 7) is 4.23. The molecule has 0 saturated carbocycles. The van der Waals surface area contributed by atoms with Gasteiger partial charge in [0.05, 0.1) is 0 Å². The van der Waals surface area contributed by atoms with E-state index in [0.717, 1.165) is 11.3 Å². The van der Waals surface area contributed by atoms with Crippen molar-refractivity contribution in [3.63, 3.8) is 0 Å². The van der Waals surface area contributed by atoms with E-state index in [1.807, 2.05) is 38.1 Å². The van der Waals surface area contributed by atoms with Crippen molar-refractivity contribution in [1.82, 2.24) is 9.88 Å². The lowest BCUT2D eigenvalue weighted by Crippen LogP contribution is -2.57. The Hall–Kier alpha value is -2.89. The number of H-pyrrole nitrogens is 1. The van der Waals surface area contributed by atoms with Crippen LogP contribution in [0.25, 0.3) is 0 Å². The van der Waals surface area contributed by atoms with Gasteiger partial charge in [-0.15, -0.1) is 0 Å². The maximum atomic E-state index is 12.6. The normalized spacial score (nSPS) is 17.9. The minimum Gasteiger partial charge on any atom is -0.328 e. The quantitative estimate of drug-likeness (QED) is 0.911. The maximum Gasteiger partial charge on any atom is 0.260 e. The standard InChI is InChI=1S/C18H19N3O3/c1-12-5-7-14(8-6-12)21-10-13(2)20(11-16(21)22)18(24)15-4-3-9-19-17(15)23/h3-9,13H,10-11H2,1-2H3,(H,19,23)/t13-/m0/s1. The number of nitrogens with one attached hydrogen (secondary N) is 1. The van der Waals surface area contributed by atoms with Gasteiger partial charge in [-0.05, 0) is 38.1 Å². The molecule has 6 nitrogen and oxygen atoms in total. The molecule has 2 heterocycles. The molecule has 1 aromatic heterocycles. The highest BCUT2D eigenvalue weighted by molar-refractivity contribution is 6.01. The molecular formula is C18H19N3O3. The fourth-order valence-corrected chi connectivity index (χ4v) is 2.84. The van der Waals surface area contributed by atoms with E-state index in [9.17, 15) is 14.4 Å². The number of aromatic amines is 1. The zero-order valence-electron chi connectivity index (χ0n) is 13.7. The van der Waals surface area contributed by atoms with Crippen molar-refractivity contribution in [2.75, 3.05) is 18.0 Å². The van der Waals surface area contributed by atoms with E-state index in [2.05, 4.69) is 4.98 Å². The number of piperazine rings is 1. The molecule has 24 heavy (non-hydrogen) atoms.